The van der Waals surface area contributed by atoms with Crippen LogP contribution in [-0.4, -0.2) is 16.9 Å². The lowest BCUT2D eigenvalue weighted by atomic mass is 10.0. The van der Waals surface area contributed by atoms with Gasteiger partial charge in [0.05, 0.1) is 5.56 Å². The molecule has 3 nitrogen and oxygen atoms in total. The van der Waals surface area contributed by atoms with Gasteiger partial charge in [0.15, 0.2) is 5.78 Å². The molecule has 1 aromatic rings. The first-order valence-corrected chi connectivity index (χ1v) is 4.13. The van der Waals surface area contributed by atoms with E-state index >= 15 is 0 Å². The molecule has 1 aromatic carbocycles. The first kappa shape index (κ1) is 11.3. The van der Waals surface area contributed by atoms with Gasteiger partial charge < -0.3 is 5.11 Å². The summed E-state index contributed by atoms with van der Waals surface area (Å²) in [6.07, 6.45) is -0.804. The monoisotopic (exact) mass is 214 g/mol. The zero-order valence-electron chi connectivity index (χ0n) is 7.88. The molecule has 0 amide bonds. The smallest absolute Gasteiger partial charge is 0.311 e. The topological polar surface area (TPSA) is 54.4 Å². The van der Waals surface area contributed by atoms with Crippen molar-refractivity contribution in [1.82, 2.24) is 0 Å². The number of carbonyl (C=O) groups is 2. The number of carboxylic acids is 1. The molecule has 0 heterocycles. The van der Waals surface area contributed by atoms with E-state index in [0.717, 1.165) is 12.1 Å². The quantitative estimate of drug-likeness (QED) is 0.617. The summed E-state index contributed by atoms with van der Waals surface area (Å²) in [5.41, 5.74) is -0.678. The number of aliphatic carboxylic acids is 1. The van der Waals surface area contributed by atoms with Gasteiger partial charge in [-0.25, -0.2) is 8.78 Å². The van der Waals surface area contributed by atoms with Crippen molar-refractivity contribution in [3.8, 4) is 0 Å². The SMILES string of the molecule is Cc1c(F)ccc(C(=O)CC(=O)O)c1F. The zero-order chi connectivity index (χ0) is 11.6. The first-order valence-electron chi connectivity index (χ1n) is 4.13. The fourth-order valence-electron chi connectivity index (χ4n) is 1.11. The van der Waals surface area contributed by atoms with E-state index in [1.807, 2.05) is 0 Å². The molecular weight excluding hydrogens is 206 g/mol. The van der Waals surface area contributed by atoms with Gasteiger partial charge in [-0.05, 0) is 19.1 Å². The fraction of sp³-hybridized carbons (Fsp3) is 0.200. The number of halogens is 2. The lowest BCUT2D eigenvalue weighted by Gasteiger charge is -2.03. The number of ketones is 1. The molecule has 5 heteroatoms. The highest BCUT2D eigenvalue weighted by molar-refractivity contribution is 6.05. The number of rotatable bonds is 3. The van der Waals surface area contributed by atoms with Crippen LogP contribution < -0.4 is 0 Å². The van der Waals surface area contributed by atoms with Crippen molar-refractivity contribution in [2.45, 2.75) is 13.3 Å². The van der Waals surface area contributed by atoms with Gasteiger partial charge in [0.25, 0.3) is 0 Å². The molecule has 0 saturated carbocycles. The molecule has 15 heavy (non-hydrogen) atoms. The molecule has 1 N–H and O–H groups in total. The highest BCUT2D eigenvalue weighted by atomic mass is 19.1. The number of benzene rings is 1. The molecule has 80 valence electrons. The van der Waals surface area contributed by atoms with Crippen LogP contribution in [0.4, 0.5) is 8.78 Å². The third-order valence-electron chi connectivity index (χ3n) is 1.93. The van der Waals surface area contributed by atoms with E-state index in [0.29, 0.717) is 0 Å². The maximum absolute atomic E-state index is 13.3. The molecule has 0 aliphatic heterocycles. The Morgan fingerprint density at radius 2 is 1.93 bits per heavy atom. The van der Waals surface area contributed by atoms with Gasteiger partial charge in [0, 0.05) is 5.56 Å². The van der Waals surface area contributed by atoms with Crippen LogP contribution in [0.5, 0.6) is 0 Å². The molecule has 0 spiro atoms. The number of Topliss-reactive ketones (excluding diaryl/α,β-unsaturated/α-hetero) is 1. The van der Waals surface area contributed by atoms with Crippen molar-refractivity contribution in [2.24, 2.45) is 0 Å². The van der Waals surface area contributed by atoms with Crippen LogP contribution in [0.2, 0.25) is 0 Å². The van der Waals surface area contributed by atoms with Gasteiger partial charge in [0.1, 0.15) is 18.1 Å². The minimum absolute atomic E-state index is 0.286. The molecule has 0 bridgehead atoms. The third kappa shape index (κ3) is 2.37. The Balaban J connectivity index is 3.11. The van der Waals surface area contributed by atoms with Crippen molar-refractivity contribution < 1.29 is 23.5 Å². The molecule has 0 aromatic heterocycles. The number of hydrogen-bond acceptors (Lipinski definition) is 2. The number of carboxylic acid groups (broad SMARTS) is 1. The highest BCUT2D eigenvalue weighted by Crippen LogP contribution is 2.17. The molecule has 0 aliphatic carbocycles. The Hall–Kier alpha value is -1.78. The van der Waals surface area contributed by atoms with Gasteiger partial charge in [-0.15, -0.1) is 0 Å². The van der Waals surface area contributed by atoms with E-state index in [9.17, 15) is 18.4 Å². The highest BCUT2D eigenvalue weighted by Gasteiger charge is 2.17. The van der Waals surface area contributed by atoms with E-state index in [2.05, 4.69) is 0 Å². The summed E-state index contributed by atoms with van der Waals surface area (Å²) in [7, 11) is 0. The largest absolute Gasteiger partial charge is 0.481 e. The molecule has 0 saturated heterocycles. The van der Waals surface area contributed by atoms with E-state index in [1.54, 1.807) is 0 Å². The van der Waals surface area contributed by atoms with Gasteiger partial charge in [-0.2, -0.15) is 0 Å². The Morgan fingerprint density at radius 3 is 2.47 bits per heavy atom. The second-order valence-corrected chi connectivity index (χ2v) is 3.03. The van der Waals surface area contributed by atoms with Crippen LogP contribution in [0.1, 0.15) is 22.3 Å². The lowest BCUT2D eigenvalue weighted by Crippen LogP contribution is -2.10. The van der Waals surface area contributed by atoms with Gasteiger partial charge >= 0.3 is 5.97 Å². The fourth-order valence-corrected chi connectivity index (χ4v) is 1.11. The molecule has 0 fully saturated rings. The average Bonchev–Trinajstić information content (AvgIpc) is 2.13. The van der Waals surface area contributed by atoms with Crippen LogP contribution in [0.25, 0.3) is 0 Å². The minimum atomic E-state index is -1.35. The normalized spacial score (nSPS) is 10.1. The zero-order valence-corrected chi connectivity index (χ0v) is 7.88. The molecule has 0 aliphatic rings. The Morgan fingerprint density at radius 1 is 1.33 bits per heavy atom. The van der Waals surface area contributed by atoms with Crippen LogP contribution in [-0.2, 0) is 4.79 Å². The maximum Gasteiger partial charge on any atom is 0.311 e. The molecule has 0 unspecified atom stereocenters. The Labute approximate surface area is 84.3 Å². The molecular formula is C10H8F2O3. The van der Waals surface area contributed by atoms with Crippen LogP contribution in [0.15, 0.2) is 12.1 Å². The second-order valence-electron chi connectivity index (χ2n) is 3.03. The van der Waals surface area contributed by atoms with Crippen molar-refractivity contribution in [3.05, 3.63) is 34.9 Å². The summed E-state index contributed by atoms with van der Waals surface area (Å²) in [4.78, 5) is 21.4. The summed E-state index contributed by atoms with van der Waals surface area (Å²) < 4.78 is 26.1. The predicted octanol–water partition coefficient (Wildman–Crippen LogP) is 1.93. The summed E-state index contributed by atoms with van der Waals surface area (Å²) in [5, 5.41) is 8.34. The van der Waals surface area contributed by atoms with Crippen LogP contribution >= 0.6 is 0 Å². The molecule has 0 atom stereocenters. The molecule has 1 rings (SSSR count). The van der Waals surface area contributed by atoms with Gasteiger partial charge in [-0.1, -0.05) is 0 Å². The summed E-state index contributed by atoms with van der Waals surface area (Å²) in [6, 6.07) is 1.89. The number of carbonyl (C=O) groups excluding carboxylic acids is 1. The van der Waals surface area contributed by atoms with Crippen LogP contribution in [0, 0.1) is 18.6 Å². The van der Waals surface area contributed by atoms with E-state index in [-0.39, 0.29) is 5.56 Å². The lowest BCUT2D eigenvalue weighted by molar-refractivity contribution is -0.135. The van der Waals surface area contributed by atoms with Gasteiger partial charge in [0.2, 0.25) is 0 Å². The van der Waals surface area contributed by atoms with Crippen molar-refractivity contribution in [2.75, 3.05) is 0 Å². The van der Waals surface area contributed by atoms with Crippen LogP contribution in [0.3, 0.4) is 0 Å². The maximum atomic E-state index is 13.3. The summed E-state index contributed by atoms with van der Waals surface area (Å²) in [5.74, 6) is -3.98. The van der Waals surface area contributed by atoms with Crippen molar-refractivity contribution in [3.63, 3.8) is 0 Å². The summed E-state index contributed by atoms with van der Waals surface area (Å²) >= 11 is 0. The summed E-state index contributed by atoms with van der Waals surface area (Å²) in [6.45, 7) is 1.18. The standard InChI is InChI=1S/C10H8F2O3/c1-5-7(11)3-2-6(10(5)12)8(13)4-9(14)15/h2-3H,4H2,1H3,(H,14,15). The second kappa shape index (κ2) is 4.16. The van der Waals surface area contributed by atoms with E-state index < -0.39 is 35.4 Å². The first-order chi connectivity index (χ1) is 6.93. The average molecular weight is 214 g/mol. The third-order valence-corrected chi connectivity index (χ3v) is 1.93. The predicted molar refractivity (Wildman–Crippen MR) is 47.7 cm³/mol. The van der Waals surface area contributed by atoms with E-state index in [1.165, 1.54) is 6.92 Å². The van der Waals surface area contributed by atoms with Crippen molar-refractivity contribution >= 4 is 11.8 Å². The number of hydrogen-bond donors (Lipinski definition) is 1. The van der Waals surface area contributed by atoms with Crippen molar-refractivity contribution in [1.29, 1.82) is 0 Å². The Bertz CT molecular complexity index is 427. The van der Waals surface area contributed by atoms with Gasteiger partial charge in [-0.3, -0.25) is 9.59 Å². The minimum Gasteiger partial charge on any atom is -0.481 e. The van der Waals surface area contributed by atoms with E-state index in [4.69, 9.17) is 5.11 Å². The molecule has 0 radical (unpaired) electrons. The Kier molecular flexibility index (Phi) is 3.14.